The van der Waals surface area contributed by atoms with E-state index in [0.717, 1.165) is 16.5 Å². The highest BCUT2D eigenvalue weighted by molar-refractivity contribution is 6.01. The van der Waals surface area contributed by atoms with Gasteiger partial charge in [0.2, 0.25) is 0 Å². The molecule has 0 radical (unpaired) electrons. The van der Waals surface area contributed by atoms with E-state index in [1.54, 1.807) is 18.2 Å². The number of hydrogen-bond donors (Lipinski definition) is 2. The monoisotopic (exact) mass is 305 g/mol. The van der Waals surface area contributed by atoms with Gasteiger partial charge in [0, 0.05) is 5.69 Å². The fourth-order valence-corrected chi connectivity index (χ4v) is 2.26. The molecule has 2 aromatic carbocycles. The summed E-state index contributed by atoms with van der Waals surface area (Å²) < 4.78 is 0. The highest BCUT2D eigenvalue weighted by Gasteiger charge is 2.11. The van der Waals surface area contributed by atoms with Crippen molar-refractivity contribution < 1.29 is 9.90 Å². The van der Waals surface area contributed by atoms with Crippen LogP contribution < -0.4 is 5.43 Å². The third kappa shape index (κ3) is 3.35. The number of carbonyl (C=O) groups is 1. The van der Waals surface area contributed by atoms with E-state index in [1.807, 2.05) is 43.3 Å². The second-order valence-corrected chi connectivity index (χ2v) is 5.12. The smallest absolute Gasteiger partial charge is 0.275 e. The molecule has 0 saturated carbocycles. The highest BCUT2D eigenvalue weighted by atomic mass is 16.3. The first kappa shape index (κ1) is 14.7. The third-order valence-electron chi connectivity index (χ3n) is 3.38. The van der Waals surface area contributed by atoms with Crippen LogP contribution in [0.2, 0.25) is 0 Å². The molecule has 1 aromatic heterocycles. The summed E-state index contributed by atoms with van der Waals surface area (Å²) in [7, 11) is 0. The van der Waals surface area contributed by atoms with Crippen molar-refractivity contribution in [3.63, 3.8) is 0 Å². The predicted molar refractivity (Wildman–Crippen MR) is 89.6 cm³/mol. The number of carbonyl (C=O) groups excluding carboxylic acids is 1. The maximum Gasteiger partial charge on any atom is 0.275 e. The number of nitrogens with zero attached hydrogens (tertiary/aromatic N) is 2. The number of benzene rings is 2. The van der Waals surface area contributed by atoms with Gasteiger partial charge in [0.1, 0.15) is 5.75 Å². The van der Waals surface area contributed by atoms with Crippen LogP contribution in [0, 0.1) is 6.92 Å². The van der Waals surface area contributed by atoms with Crippen LogP contribution in [0.5, 0.6) is 5.75 Å². The Balaban J connectivity index is 1.79. The molecule has 0 aliphatic rings. The number of aryl methyl sites for hydroxylation is 1. The largest absolute Gasteiger partial charge is 0.507 e. The van der Waals surface area contributed by atoms with Crippen LogP contribution in [0.1, 0.15) is 21.7 Å². The van der Waals surface area contributed by atoms with E-state index < -0.39 is 5.91 Å². The molecule has 0 unspecified atom stereocenters. The van der Waals surface area contributed by atoms with Crippen molar-refractivity contribution in [2.24, 2.45) is 5.10 Å². The molecule has 0 aliphatic heterocycles. The Labute approximate surface area is 133 Å². The molecular formula is C18H15N3O2. The van der Waals surface area contributed by atoms with Gasteiger partial charge in [0.15, 0.2) is 0 Å². The number of pyridine rings is 1. The van der Waals surface area contributed by atoms with Gasteiger partial charge in [0.05, 0.1) is 17.5 Å². The van der Waals surface area contributed by atoms with Crippen LogP contribution in [0.3, 0.4) is 0 Å². The molecular weight excluding hydrogens is 290 g/mol. The first-order valence-electron chi connectivity index (χ1n) is 7.12. The van der Waals surface area contributed by atoms with E-state index in [-0.39, 0.29) is 11.3 Å². The van der Waals surface area contributed by atoms with Gasteiger partial charge in [-0.2, -0.15) is 5.10 Å². The number of aromatic nitrogens is 1. The number of fused-ring (bicyclic) bond motifs is 1. The Morgan fingerprint density at radius 3 is 2.61 bits per heavy atom. The number of phenols is 1. The van der Waals surface area contributed by atoms with E-state index >= 15 is 0 Å². The van der Waals surface area contributed by atoms with Crippen LogP contribution in [-0.2, 0) is 0 Å². The summed E-state index contributed by atoms with van der Waals surface area (Å²) in [6, 6.07) is 16.2. The van der Waals surface area contributed by atoms with Gasteiger partial charge in [-0.1, -0.05) is 30.3 Å². The Bertz CT molecular complexity index is 904. The molecule has 1 heterocycles. The lowest BCUT2D eigenvalue weighted by molar-refractivity contribution is 0.0952. The van der Waals surface area contributed by atoms with Gasteiger partial charge < -0.3 is 5.11 Å². The lowest BCUT2D eigenvalue weighted by atomic mass is 10.1. The number of nitrogens with one attached hydrogen (secondary N) is 1. The molecule has 5 heteroatoms. The molecule has 0 atom stereocenters. The van der Waals surface area contributed by atoms with E-state index in [0.29, 0.717) is 5.69 Å². The van der Waals surface area contributed by atoms with Crippen molar-refractivity contribution in [1.29, 1.82) is 0 Å². The molecule has 0 aliphatic carbocycles. The highest BCUT2D eigenvalue weighted by Crippen LogP contribution is 2.24. The normalized spacial score (nSPS) is 11.0. The molecule has 0 saturated heterocycles. The minimum Gasteiger partial charge on any atom is -0.507 e. The maximum absolute atomic E-state index is 12.2. The molecule has 0 spiro atoms. The van der Waals surface area contributed by atoms with E-state index in [1.165, 1.54) is 6.21 Å². The summed E-state index contributed by atoms with van der Waals surface area (Å²) in [5.41, 5.74) is 4.10. The minimum atomic E-state index is -0.475. The number of amides is 1. The molecule has 1 amide bonds. The Kier molecular flexibility index (Phi) is 4.01. The van der Waals surface area contributed by atoms with Crippen LogP contribution in [0.4, 0.5) is 0 Å². The molecule has 114 valence electrons. The summed E-state index contributed by atoms with van der Waals surface area (Å²) in [6.07, 6.45) is 1.46. The summed E-state index contributed by atoms with van der Waals surface area (Å²) in [5.74, 6) is -0.553. The average molecular weight is 305 g/mol. The standard InChI is InChI=1S/C18H15N3O2/c1-12-5-4-8-15(20-12)11-19-21-18(23)16-9-13-6-2-3-7-14(13)10-17(16)22/h2-11,22H,1H3,(H,21,23)/b19-11-. The van der Waals surface area contributed by atoms with Crippen molar-refractivity contribution in [3.05, 3.63) is 71.5 Å². The van der Waals surface area contributed by atoms with E-state index in [9.17, 15) is 9.90 Å². The molecule has 5 nitrogen and oxygen atoms in total. The van der Waals surface area contributed by atoms with Gasteiger partial charge in [-0.05, 0) is 42.0 Å². The van der Waals surface area contributed by atoms with Gasteiger partial charge in [0.25, 0.3) is 5.91 Å². The predicted octanol–water partition coefficient (Wildman–Crippen LogP) is 3.01. The zero-order valence-electron chi connectivity index (χ0n) is 12.5. The quantitative estimate of drug-likeness (QED) is 0.577. The molecule has 2 N–H and O–H groups in total. The second-order valence-electron chi connectivity index (χ2n) is 5.12. The number of hydrogen-bond acceptors (Lipinski definition) is 4. The average Bonchev–Trinajstić information content (AvgIpc) is 2.54. The van der Waals surface area contributed by atoms with Crippen molar-refractivity contribution in [1.82, 2.24) is 10.4 Å². The van der Waals surface area contributed by atoms with Gasteiger partial charge >= 0.3 is 0 Å². The Morgan fingerprint density at radius 2 is 1.87 bits per heavy atom. The number of rotatable bonds is 3. The van der Waals surface area contributed by atoms with Crippen LogP contribution in [0.25, 0.3) is 10.8 Å². The lowest BCUT2D eigenvalue weighted by Crippen LogP contribution is -2.17. The Morgan fingerprint density at radius 1 is 1.13 bits per heavy atom. The summed E-state index contributed by atoms with van der Waals surface area (Å²) in [5, 5.41) is 15.6. The molecule has 3 aromatic rings. The molecule has 3 rings (SSSR count). The van der Waals surface area contributed by atoms with Gasteiger partial charge in [-0.25, -0.2) is 5.43 Å². The van der Waals surface area contributed by atoms with E-state index in [4.69, 9.17) is 0 Å². The zero-order chi connectivity index (χ0) is 16.2. The van der Waals surface area contributed by atoms with Crippen LogP contribution >= 0.6 is 0 Å². The summed E-state index contributed by atoms with van der Waals surface area (Å²) in [4.78, 5) is 16.4. The maximum atomic E-state index is 12.2. The number of hydrazone groups is 1. The van der Waals surface area contributed by atoms with Gasteiger partial charge in [-0.3, -0.25) is 9.78 Å². The molecule has 0 fully saturated rings. The van der Waals surface area contributed by atoms with Crippen molar-refractivity contribution in [2.75, 3.05) is 0 Å². The first-order chi connectivity index (χ1) is 11.1. The first-order valence-corrected chi connectivity index (χ1v) is 7.12. The number of phenolic OH excluding ortho intramolecular Hbond substituents is 1. The number of aromatic hydroxyl groups is 1. The van der Waals surface area contributed by atoms with Crippen molar-refractivity contribution in [2.45, 2.75) is 6.92 Å². The van der Waals surface area contributed by atoms with Crippen LogP contribution in [-0.4, -0.2) is 22.2 Å². The van der Waals surface area contributed by atoms with Crippen molar-refractivity contribution >= 4 is 22.9 Å². The lowest BCUT2D eigenvalue weighted by Gasteiger charge is -2.05. The topological polar surface area (TPSA) is 74.6 Å². The second kappa shape index (κ2) is 6.27. The third-order valence-corrected chi connectivity index (χ3v) is 3.38. The fourth-order valence-electron chi connectivity index (χ4n) is 2.26. The minimum absolute atomic E-state index is 0.0786. The van der Waals surface area contributed by atoms with Gasteiger partial charge in [-0.15, -0.1) is 0 Å². The fraction of sp³-hybridized carbons (Fsp3) is 0.0556. The molecule has 0 bridgehead atoms. The molecule has 23 heavy (non-hydrogen) atoms. The summed E-state index contributed by atoms with van der Waals surface area (Å²) in [6.45, 7) is 1.88. The van der Waals surface area contributed by atoms with E-state index in [2.05, 4.69) is 15.5 Å². The SMILES string of the molecule is Cc1cccc(/C=N\NC(=O)c2cc3ccccc3cc2O)n1. The zero-order valence-corrected chi connectivity index (χ0v) is 12.5. The summed E-state index contributed by atoms with van der Waals surface area (Å²) >= 11 is 0. The Hall–Kier alpha value is -3.21. The van der Waals surface area contributed by atoms with Crippen molar-refractivity contribution in [3.8, 4) is 5.75 Å². The van der Waals surface area contributed by atoms with Crippen LogP contribution in [0.15, 0.2) is 59.7 Å².